The van der Waals surface area contributed by atoms with Crippen LogP contribution in [0, 0.1) is 13.8 Å². The van der Waals surface area contributed by atoms with Crippen LogP contribution < -0.4 is 0 Å². The molecule has 0 saturated carbocycles. The molecule has 0 saturated heterocycles. The van der Waals surface area contributed by atoms with E-state index in [9.17, 15) is 0 Å². The molecule has 8 nitrogen and oxygen atoms in total. The zero-order valence-corrected chi connectivity index (χ0v) is 17.2. The van der Waals surface area contributed by atoms with E-state index in [0.29, 0.717) is 5.95 Å². The highest BCUT2D eigenvalue weighted by atomic mass is 32.1. The van der Waals surface area contributed by atoms with Gasteiger partial charge in [-0.1, -0.05) is 24.3 Å². The van der Waals surface area contributed by atoms with Gasteiger partial charge in [-0.05, 0) is 43.5 Å². The smallest absolute Gasteiger partial charge is 0.240 e. The van der Waals surface area contributed by atoms with Gasteiger partial charge in [0.25, 0.3) is 5.95 Å². The van der Waals surface area contributed by atoms with Crippen molar-refractivity contribution in [1.82, 2.24) is 34.4 Å². The first kappa shape index (κ1) is 18.2. The number of para-hydroxylation sites is 1. The van der Waals surface area contributed by atoms with E-state index in [1.165, 1.54) is 0 Å². The van der Waals surface area contributed by atoms with Gasteiger partial charge in [-0.3, -0.25) is 0 Å². The first-order chi connectivity index (χ1) is 14.7. The standard InChI is InChI=1S/C21H18N8S/c1-15-11-16(2)29(25-15)21-24-22-14-28(21)23-12-17-13-27(18-7-4-3-5-8-18)26-20(17)19-9-6-10-30-19/h3-14H,1-2H3/b23-12-. The van der Waals surface area contributed by atoms with Crippen LogP contribution in [0.5, 0.6) is 0 Å². The van der Waals surface area contributed by atoms with Crippen LogP contribution in [0.1, 0.15) is 17.0 Å². The van der Waals surface area contributed by atoms with Crippen molar-refractivity contribution in [1.29, 1.82) is 0 Å². The van der Waals surface area contributed by atoms with Crippen molar-refractivity contribution < 1.29 is 0 Å². The molecular weight excluding hydrogens is 396 g/mol. The molecule has 0 N–H and O–H groups in total. The Bertz CT molecular complexity index is 1310. The Morgan fingerprint density at radius 2 is 1.90 bits per heavy atom. The minimum Gasteiger partial charge on any atom is -0.240 e. The van der Waals surface area contributed by atoms with E-state index < -0.39 is 0 Å². The van der Waals surface area contributed by atoms with Crippen LogP contribution >= 0.6 is 11.3 Å². The third-order valence-electron chi connectivity index (χ3n) is 4.55. The first-order valence-electron chi connectivity index (χ1n) is 9.36. The van der Waals surface area contributed by atoms with Gasteiger partial charge in [0.15, 0.2) is 0 Å². The van der Waals surface area contributed by atoms with Crippen LogP contribution in [0.25, 0.3) is 22.2 Å². The van der Waals surface area contributed by atoms with Gasteiger partial charge < -0.3 is 0 Å². The van der Waals surface area contributed by atoms with Gasteiger partial charge in [0.1, 0.15) is 12.0 Å². The lowest BCUT2D eigenvalue weighted by atomic mass is 10.2. The zero-order chi connectivity index (χ0) is 20.5. The van der Waals surface area contributed by atoms with E-state index in [-0.39, 0.29) is 0 Å². The van der Waals surface area contributed by atoms with Crippen molar-refractivity contribution in [3.05, 3.63) is 83.4 Å². The molecule has 5 rings (SSSR count). The maximum Gasteiger partial charge on any atom is 0.273 e. The van der Waals surface area contributed by atoms with Crippen LogP contribution in [-0.2, 0) is 0 Å². The topological polar surface area (TPSA) is 78.7 Å². The van der Waals surface area contributed by atoms with Gasteiger partial charge in [0, 0.05) is 17.5 Å². The molecule has 0 fully saturated rings. The molecule has 0 aliphatic rings. The molecule has 4 aromatic heterocycles. The maximum atomic E-state index is 4.80. The Labute approximate surface area is 176 Å². The minimum absolute atomic E-state index is 0.532. The average molecular weight is 414 g/mol. The number of hydrogen-bond donors (Lipinski definition) is 0. The highest BCUT2D eigenvalue weighted by molar-refractivity contribution is 7.13. The molecule has 0 aliphatic carbocycles. The summed E-state index contributed by atoms with van der Waals surface area (Å²) in [5.74, 6) is 0.532. The van der Waals surface area contributed by atoms with Crippen molar-refractivity contribution in [2.24, 2.45) is 5.10 Å². The summed E-state index contributed by atoms with van der Waals surface area (Å²) in [5.41, 5.74) is 4.64. The molecule has 0 radical (unpaired) electrons. The molecule has 9 heteroatoms. The van der Waals surface area contributed by atoms with E-state index in [0.717, 1.165) is 33.2 Å². The number of aromatic nitrogens is 7. The summed E-state index contributed by atoms with van der Waals surface area (Å²) in [7, 11) is 0. The molecule has 0 amide bonds. The summed E-state index contributed by atoms with van der Waals surface area (Å²) >= 11 is 1.64. The lowest BCUT2D eigenvalue weighted by Gasteiger charge is -2.02. The second-order valence-corrected chi connectivity index (χ2v) is 7.70. The fourth-order valence-corrected chi connectivity index (χ4v) is 3.93. The predicted molar refractivity (Wildman–Crippen MR) is 116 cm³/mol. The van der Waals surface area contributed by atoms with E-state index >= 15 is 0 Å². The number of nitrogens with zero attached hydrogens (tertiary/aromatic N) is 8. The lowest BCUT2D eigenvalue weighted by Crippen LogP contribution is -2.06. The zero-order valence-electron chi connectivity index (χ0n) is 16.4. The van der Waals surface area contributed by atoms with Crippen LogP contribution in [0.3, 0.4) is 0 Å². The van der Waals surface area contributed by atoms with Crippen molar-refractivity contribution in [2.45, 2.75) is 13.8 Å². The monoisotopic (exact) mass is 414 g/mol. The van der Waals surface area contributed by atoms with Crippen LogP contribution in [0.4, 0.5) is 0 Å². The fourth-order valence-electron chi connectivity index (χ4n) is 3.20. The molecule has 5 aromatic rings. The molecule has 4 heterocycles. The van der Waals surface area contributed by atoms with Gasteiger partial charge in [0.2, 0.25) is 0 Å². The van der Waals surface area contributed by atoms with Gasteiger partial charge in [-0.15, -0.1) is 21.5 Å². The third kappa shape index (κ3) is 3.35. The van der Waals surface area contributed by atoms with Gasteiger partial charge in [-0.2, -0.15) is 20.0 Å². The third-order valence-corrected chi connectivity index (χ3v) is 5.43. The normalized spacial score (nSPS) is 11.5. The molecule has 0 bridgehead atoms. The molecule has 0 unspecified atom stereocenters. The summed E-state index contributed by atoms with van der Waals surface area (Å²) < 4.78 is 5.20. The molecule has 30 heavy (non-hydrogen) atoms. The molecule has 0 atom stereocenters. The van der Waals surface area contributed by atoms with Gasteiger partial charge in [-0.25, -0.2) is 9.36 Å². The van der Waals surface area contributed by atoms with E-state index in [1.54, 1.807) is 33.2 Å². The summed E-state index contributed by atoms with van der Waals surface area (Å²) in [6.45, 7) is 3.92. The molecule has 1 aromatic carbocycles. The van der Waals surface area contributed by atoms with Crippen molar-refractivity contribution in [3.8, 4) is 22.2 Å². The van der Waals surface area contributed by atoms with E-state index in [2.05, 4.69) is 26.5 Å². The number of benzene rings is 1. The molecule has 0 spiro atoms. The van der Waals surface area contributed by atoms with Crippen LogP contribution in [0.2, 0.25) is 0 Å². The fraction of sp³-hybridized carbons (Fsp3) is 0.0952. The largest absolute Gasteiger partial charge is 0.273 e. The molecule has 148 valence electrons. The van der Waals surface area contributed by atoms with Gasteiger partial charge >= 0.3 is 0 Å². The van der Waals surface area contributed by atoms with Gasteiger partial charge in [0.05, 0.1) is 22.5 Å². The second kappa shape index (κ2) is 7.53. The van der Waals surface area contributed by atoms with Crippen LogP contribution in [0.15, 0.2) is 71.5 Å². The summed E-state index contributed by atoms with van der Waals surface area (Å²) in [4.78, 5) is 1.08. The average Bonchev–Trinajstić information content (AvgIpc) is 3.54. The van der Waals surface area contributed by atoms with Crippen molar-refractivity contribution in [3.63, 3.8) is 0 Å². The van der Waals surface area contributed by atoms with E-state index in [4.69, 9.17) is 5.10 Å². The molecule has 0 aliphatic heterocycles. The second-order valence-electron chi connectivity index (χ2n) is 6.75. The van der Waals surface area contributed by atoms with E-state index in [1.807, 2.05) is 72.6 Å². The highest BCUT2D eigenvalue weighted by Crippen LogP contribution is 2.27. The van der Waals surface area contributed by atoms with Crippen LogP contribution in [-0.4, -0.2) is 40.6 Å². The maximum absolute atomic E-state index is 4.80. The first-order valence-corrected chi connectivity index (χ1v) is 10.2. The predicted octanol–water partition coefficient (Wildman–Crippen LogP) is 3.88. The summed E-state index contributed by atoms with van der Waals surface area (Å²) in [6, 6.07) is 16.1. The summed E-state index contributed by atoms with van der Waals surface area (Å²) in [5, 5.41) is 24.1. The Morgan fingerprint density at radius 3 is 2.63 bits per heavy atom. The highest BCUT2D eigenvalue weighted by Gasteiger charge is 2.14. The number of rotatable bonds is 5. The Kier molecular flexibility index (Phi) is 4.56. The quantitative estimate of drug-likeness (QED) is 0.409. The minimum atomic E-state index is 0.532. The SMILES string of the molecule is Cc1cc(C)n(-c2nncn2/N=C\c2cn(-c3ccccc3)nc2-c2cccs2)n1. The Balaban J connectivity index is 1.55. The number of hydrogen-bond acceptors (Lipinski definition) is 6. The van der Waals surface area contributed by atoms with Crippen molar-refractivity contribution in [2.75, 3.05) is 0 Å². The molecular formula is C21H18N8S. The van der Waals surface area contributed by atoms with Crippen molar-refractivity contribution >= 4 is 17.6 Å². The Hall–Kier alpha value is -3.85. The number of aryl methyl sites for hydroxylation is 2. The Morgan fingerprint density at radius 1 is 1.03 bits per heavy atom. The summed E-state index contributed by atoms with van der Waals surface area (Å²) in [6.07, 6.45) is 5.32. The number of thiophene rings is 1. The lowest BCUT2D eigenvalue weighted by molar-refractivity contribution is 0.717.